The van der Waals surface area contributed by atoms with Gasteiger partial charge in [-0.05, 0) is 68.6 Å². The number of rotatable bonds is 9. The SMILES string of the molecule is Cc1nc2c(Br)cc(Br)cc2c(=O)n1CCOC(=O)CNCCCN(C)C. The van der Waals surface area contributed by atoms with Crippen molar-refractivity contribution in [2.45, 2.75) is 19.9 Å². The predicted molar refractivity (Wildman–Crippen MR) is 113 cm³/mol. The summed E-state index contributed by atoms with van der Waals surface area (Å²) in [5.74, 6) is 0.248. The Kier molecular flexibility index (Phi) is 8.40. The number of nitrogens with zero attached hydrogens (tertiary/aromatic N) is 3. The summed E-state index contributed by atoms with van der Waals surface area (Å²) in [6, 6.07) is 3.60. The van der Waals surface area contributed by atoms with Crippen molar-refractivity contribution in [3.05, 3.63) is 37.3 Å². The molecule has 2 rings (SSSR count). The maximum atomic E-state index is 12.8. The summed E-state index contributed by atoms with van der Waals surface area (Å²) in [7, 11) is 4.02. The molecule has 0 fully saturated rings. The third-order valence-corrected chi connectivity index (χ3v) is 5.04. The second-order valence-electron chi connectivity index (χ2n) is 6.45. The van der Waals surface area contributed by atoms with E-state index in [1.165, 1.54) is 4.57 Å². The number of esters is 1. The number of ether oxygens (including phenoxy) is 1. The first-order valence-electron chi connectivity index (χ1n) is 8.67. The number of fused-ring (bicyclic) bond motifs is 1. The second kappa shape index (κ2) is 10.3. The fraction of sp³-hybridized carbons (Fsp3) is 0.500. The Morgan fingerprint density at radius 1 is 1.33 bits per heavy atom. The molecule has 0 radical (unpaired) electrons. The van der Waals surface area contributed by atoms with Crippen LogP contribution in [0.4, 0.5) is 0 Å². The van der Waals surface area contributed by atoms with Gasteiger partial charge in [-0.25, -0.2) is 4.98 Å². The van der Waals surface area contributed by atoms with Gasteiger partial charge in [0.1, 0.15) is 12.4 Å². The Balaban J connectivity index is 1.92. The fourth-order valence-corrected chi connectivity index (χ4v) is 3.95. The average Bonchev–Trinajstić information content (AvgIpc) is 2.58. The molecule has 148 valence electrons. The molecular weight excluding hydrogens is 480 g/mol. The zero-order valence-corrected chi connectivity index (χ0v) is 18.9. The van der Waals surface area contributed by atoms with E-state index in [-0.39, 0.29) is 31.2 Å². The number of aromatic nitrogens is 2. The molecule has 0 unspecified atom stereocenters. The van der Waals surface area contributed by atoms with Gasteiger partial charge in [0.25, 0.3) is 5.56 Å². The molecule has 7 nitrogen and oxygen atoms in total. The van der Waals surface area contributed by atoms with Crippen molar-refractivity contribution in [2.75, 3.05) is 40.3 Å². The topological polar surface area (TPSA) is 76.5 Å². The summed E-state index contributed by atoms with van der Waals surface area (Å²) in [5.41, 5.74) is 0.466. The van der Waals surface area contributed by atoms with Crippen LogP contribution in [0.1, 0.15) is 12.2 Å². The molecule has 27 heavy (non-hydrogen) atoms. The zero-order valence-electron chi connectivity index (χ0n) is 15.7. The van der Waals surface area contributed by atoms with Crippen LogP contribution < -0.4 is 10.9 Å². The van der Waals surface area contributed by atoms with Crippen LogP contribution in [0.15, 0.2) is 25.9 Å². The van der Waals surface area contributed by atoms with Crippen molar-refractivity contribution in [1.82, 2.24) is 19.8 Å². The number of hydrogen-bond acceptors (Lipinski definition) is 6. The third-order valence-electron chi connectivity index (χ3n) is 3.97. The van der Waals surface area contributed by atoms with Crippen LogP contribution in [0.5, 0.6) is 0 Å². The number of aryl methyl sites for hydroxylation is 1. The Bertz CT molecular complexity index is 868. The number of benzene rings is 1. The molecule has 0 spiro atoms. The number of nitrogens with one attached hydrogen (secondary N) is 1. The van der Waals surface area contributed by atoms with E-state index in [9.17, 15) is 9.59 Å². The van der Waals surface area contributed by atoms with Crippen molar-refractivity contribution in [2.24, 2.45) is 0 Å². The Morgan fingerprint density at radius 2 is 2.07 bits per heavy atom. The number of hydrogen-bond donors (Lipinski definition) is 1. The molecular formula is C18H24Br2N4O3. The molecule has 1 aromatic heterocycles. The standard InChI is InChI=1S/C18H24Br2N4O3/c1-12-22-17-14(9-13(19)10-15(17)20)18(26)24(12)7-8-27-16(25)11-21-5-4-6-23(2)3/h9-10,21H,4-8,11H2,1-3H3. The van der Waals surface area contributed by atoms with Gasteiger partial charge in [-0.3, -0.25) is 14.2 Å². The Hall–Kier alpha value is -1.29. The summed E-state index contributed by atoms with van der Waals surface area (Å²) in [6.45, 7) is 4.04. The van der Waals surface area contributed by atoms with Crippen molar-refractivity contribution < 1.29 is 9.53 Å². The van der Waals surface area contributed by atoms with Crippen molar-refractivity contribution >= 4 is 48.7 Å². The normalized spacial score (nSPS) is 11.3. The number of carbonyl (C=O) groups excluding carboxylic acids is 1. The largest absolute Gasteiger partial charge is 0.463 e. The second-order valence-corrected chi connectivity index (χ2v) is 8.22. The fourth-order valence-electron chi connectivity index (χ4n) is 2.63. The molecule has 1 N–H and O–H groups in total. The highest BCUT2D eigenvalue weighted by molar-refractivity contribution is 9.11. The van der Waals surface area contributed by atoms with Gasteiger partial charge < -0.3 is 15.0 Å². The minimum Gasteiger partial charge on any atom is -0.463 e. The first kappa shape index (κ1) is 22.0. The van der Waals surface area contributed by atoms with Crippen LogP contribution in [0.25, 0.3) is 10.9 Å². The van der Waals surface area contributed by atoms with Crippen molar-refractivity contribution in [3.8, 4) is 0 Å². The number of carbonyl (C=O) groups is 1. The molecule has 0 aliphatic carbocycles. The van der Waals surface area contributed by atoms with E-state index in [0.717, 1.165) is 28.5 Å². The minimum atomic E-state index is -0.329. The molecule has 0 aliphatic rings. The van der Waals surface area contributed by atoms with Gasteiger partial charge in [-0.2, -0.15) is 0 Å². The van der Waals surface area contributed by atoms with Gasteiger partial charge in [0.05, 0.1) is 24.0 Å². The molecule has 2 aromatic rings. The highest BCUT2D eigenvalue weighted by Crippen LogP contribution is 2.25. The minimum absolute atomic E-state index is 0.126. The van der Waals surface area contributed by atoms with Crippen LogP contribution in [0, 0.1) is 6.92 Å². The summed E-state index contributed by atoms with van der Waals surface area (Å²) in [6.07, 6.45) is 0.961. The lowest BCUT2D eigenvalue weighted by atomic mass is 10.2. The number of halogens is 2. The lowest BCUT2D eigenvalue weighted by Gasteiger charge is -2.12. The lowest BCUT2D eigenvalue weighted by molar-refractivity contribution is -0.142. The van der Waals surface area contributed by atoms with Crippen LogP contribution in [0.3, 0.4) is 0 Å². The predicted octanol–water partition coefficient (Wildman–Crippen LogP) is 2.31. The third kappa shape index (κ3) is 6.38. The highest BCUT2D eigenvalue weighted by Gasteiger charge is 2.12. The lowest BCUT2D eigenvalue weighted by Crippen LogP contribution is -2.30. The van der Waals surface area contributed by atoms with Gasteiger partial charge in [-0.15, -0.1) is 0 Å². The van der Waals surface area contributed by atoms with E-state index in [4.69, 9.17) is 4.74 Å². The highest BCUT2D eigenvalue weighted by atomic mass is 79.9. The molecule has 0 saturated carbocycles. The van der Waals surface area contributed by atoms with Gasteiger partial charge in [0, 0.05) is 8.95 Å². The van der Waals surface area contributed by atoms with Crippen LogP contribution in [-0.4, -0.2) is 60.8 Å². The van der Waals surface area contributed by atoms with Crippen LogP contribution in [0.2, 0.25) is 0 Å². The first-order chi connectivity index (χ1) is 12.8. The molecule has 0 atom stereocenters. The maximum Gasteiger partial charge on any atom is 0.319 e. The van der Waals surface area contributed by atoms with E-state index in [1.807, 2.05) is 20.2 Å². The monoisotopic (exact) mass is 502 g/mol. The van der Waals surface area contributed by atoms with E-state index >= 15 is 0 Å². The molecule has 0 aliphatic heterocycles. The quantitative estimate of drug-likeness (QED) is 0.418. The average molecular weight is 504 g/mol. The van der Waals surface area contributed by atoms with E-state index in [1.54, 1.807) is 13.0 Å². The van der Waals surface area contributed by atoms with Crippen LogP contribution in [-0.2, 0) is 16.1 Å². The van der Waals surface area contributed by atoms with Gasteiger partial charge in [-0.1, -0.05) is 15.9 Å². The zero-order chi connectivity index (χ0) is 20.0. The first-order valence-corrected chi connectivity index (χ1v) is 10.3. The van der Waals surface area contributed by atoms with E-state index in [0.29, 0.717) is 16.7 Å². The summed E-state index contributed by atoms with van der Waals surface area (Å²) in [5, 5.41) is 3.57. The van der Waals surface area contributed by atoms with E-state index in [2.05, 4.69) is 47.1 Å². The summed E-state index contributed by atoms with van der Waals surface area (Å²) < 4.78 is 8.30. The molecule has 0 bridgehead atoms. The molecule has 1 aromatic carbocycles. The Labute approximate surface area is 175 Å². The van der Waals surface area contributed by atoms with Crippen molar-refractivity contribution in [3.63, 3.8) is 0 Å². The molecule has 9 heteroatoms. The van der Waals surface area contributed by atoms with Gasteiger partial charge in [0.15, 0.2) is 0 Å². The van der Waals surface area contributed by atoms with Crippen LogP contribution >= 0.6 is 31.9 Å². The summed E-state index contributed by atoms with van der Waals surface area (Å²) in [4.78, 5) is 31.1. The Morgan fingerprint density at radius 3 is 2.78 bits per heavy atom. The maximum absolute atomic E-state index is 12.8. The van der Waals surface area contributed by atoms with Gasteiger partial charge >= 0.3 is 5.97 Å². The summed E-state index contributed by atoms with van der Waals surface area (Å²) >= 11 is 6.83. The molecule has 0 saturated heterocycles. The van der Waals surface area contributed by atoms with Gasteiger partial charge in [0.2, 0.25) is 0 Å². The smallest absolute Gasteiger partial charge is 0.319 e. The molecule has 1 heterocycles. The van der Waals surface area contributed by atoms with E-state index < -0.39 is 0 Å². The molecule has 0 amide bonds. The van der Waals surface area contributed by atoms with Crippen molar-refractivity contribution in [1.29, 1.82) is 0 Å².